The first-order valence-corrected chi connectivity index (χ1v) is 6.96. The number of aryl methyl sites for hydroxylation is 1. The fourth-order valence-corrected chi connectivity index (χ4v) is 2.33. The highest BCUT2D eigenvalue weighted by atomic mass is 79.9. The molecule has 1 aromatic carbocycles. The number of rotatable bonds is 5. The zero-order valence-corrected chi connectivity index (χ0v) is 12.4. The van der Waals surface area contributed by atoms with Crippen molar-refractivity contribution in [3.8, 4) is 0 Å². The minimum atomic E-state index is 0.855. The van der Waals surface area contributed by atoms with Crippen molar-refractivity contribution in [3.63, 3.8) is 0 Å². The SMILES string of the molecule is CCNCc1cnc(C)n1Cc1ccccc1Br. The Bertz CT molecular complexity index is 520. The third-order valence-electron chi connectivity index (χ3n) is 2.98. The molecule has 0 aliphatic heterocycles. The molecule has 2 rings (SSSR count). The maximum Gasteiger partial charge on any atom is 0.106 e. The van der Waals surface area contributed by atoms with Crippen molar-refractivity contribution in [1.82, 2.24) is 14.9 Å². The highest BCUT2D eigenvalue weighted by Crippen LogP contribution is 2.18. The summed E-state index contributed by atoms with van der Waals surface area (Å²) in [6.07, 6.45) is 1.95. The van der Waals surface area contributed by atoms with Crippen LogP contribution in [0, 0.1) is 6.92 Å². The second kappa shape index (κ2) is 6.16. The second-order valence-corrected chi connectivity index (χ2v) is 5.11. The van der Waals surface area contributed by atoms with Crippen molar-refractivity contribution in [2.24, 2.45) is 0 Å². The average molecular weight is 308 g/mol. The Morgan fingerprint density at radius 2 is 2.11 bits per heavy atom. The van der Waals surface area contributed by atoms with Crippen LogP contribution in [0.15, 0.2) is 34.9 Å². The molecule has 18 heavy (non-hydrogen) atoms. The van der Waals surface area contributed by atoms with Gasteiger partial charge in [-0.05, 0) is 25.1 Å². The summed E-state index contributed by atoms with van der Waals surface area (Å²) in [4.78, 5) is 4.40. The number of halogens is 1. The third-order valence-corrected chi connectivity index (χ3v) is 3.75. The van der Waals surface area contributed by atoms with Crippen LogP contribution >= 0.6 is 15.9 Å². The Morgan fingerprint density at radius 3 is 2.83 bits per heavy atom. The molecule has 0 saturated heterocycles. The zero-order chi connectivity index (χ0) is 13.0. The minimum absolute atomic E-state index is 0.855. The summed E-state index contributed by atoms with van der Waals surface area (Å²) in [6, 6.07) is 8.32. The normalized spacial score (nSPS) is 10.8. The molecule has 0 aliphatic rings. The predicted molar refractivity (Wildman–Crippen MR) is 77.6 cm³/mol. The van der Waals surface area contributed by atoms with Crippen LogP contribution < -0.4 is 5.32 Å². The van der Waals surface area contributed by atoms with Crippen molar-refractivity contribution >= 4 is 15.9 Å². The molecule has 1 aromatic heterocycles. The summed E-state index contributed by atoms with van der Waals surface area (Å²) in [5.74, 6) is 1.05. The quantitative estimate of drug-likeness (QED) is 0.920. The van der Waals surface area contributed by atoms with E-state index >= 15 is 0 Å². The molecule has 0 radical (unpaired) electrons. The van der Waals surface area contributed by atoms with Crippen LogP contribution in [0.1, 0.15) is 24.0 Å². The number of benzene rings is 1. The van der Waals surface area contributed by atoms with Gasteiger partial charge in [0.15, 0.2) is 0 Å². The lowest BCUT2D eigenvalue weighted by atomic mass is 10.2. The number of aromatic nitrogens is 2. The van der Waals surface area contributed by atoms with Gasteiger partial charge in [-0.2, -0.15) is 0 Å². The summed E-state index contributed by atoms with van der Waals surface area (Å²) in [7, 11) is 0. The fourth-order valence-electron chi connectivity index (χ4n) is 1.92. The van der Waals surface area contributed by atoms with Crippen LogP contribution in [-0.2, 0) is 13.1 Å². The van der Waals surface area contributed by atoms with E-state index in [1.54, 1.807) is 0 Å². The first-order chi connectivity index (χ1) is 8.72. The van der Waals surface area contributed by atoms with Crippen molar-refractivity contribution in [1.29, 1.82) is 0 Å². The lowest BCUT2D eigenvalue weighted by Crippen LogP contribution is -2.16. The van der Waals surface area contributed by atoms with Gasteiger partial charge in [0.25, 0.3) is 0 Å². The van der Waals surface area contributed by atoms with Gasteiger partial charge >= 0.3 is 0 Å². The van der Waals surface area contributed by atoms with Gasteiger partial charge in [-0.1, -0.05) is 41.1 Å². The van der Waals surface area contributed by atoms with Crippen LogP contribution in [0.3, 0.4) is 0 Å². The van der Waals surface area contributed by atoms with E-state index < -0.39 is 0 Å². The van der Waals surface area contributed by atoms with Crippen molar-refractivity contribution in [2.45, 2.75) is 26.9 Å². The van der Waals surface area contributed by atoms with Crippen LogP contribution in [0.4, 0.5) is 0 Å². The molecule has 0 bridgehead atoms. The molecule has 2 aromatic rings. The Morgan fingerprint density at radius 1 is 1.33 bits per heavy atom. The molecule has 0 atom stereocenters. The van der Waals surface area contributed by atoms with Crippen LogP contribution in [0.25, 0.3) is 0 Å². The van der Waals surface area contributed by atoms with E-state index in [1.807, 2.05) is 19.2 Å². The second-order valence-electron chi connectivity index (χ2n) is 4.25. The lowest BCUT2D eigenvalue weighted by molar-refractivity contribution is 0.646. The smallest absolute Gasteiger partial charge is 0.106 e. The van der Waals surface area contributed by atoms with E-state index in [4.69, 9.17) is 0 Å². The predicted octanol–water partition coefficient (Wildman–Crippen LogP) is 3.11. The zero-order valence-electron chi connectivity index (χ0n) is 10.8. The minimum Gasteiger partial charge on any atom is -0.327 e. The number of nitrogens with zero attached hydrogens (tertiary/aromatic N) is 2. The maximum absolute atomic E-state index is 4.40. The summed E-state index contributed by atoms with van der Waals surface area (Å²) in [5, 5.41) is 3.35. The maximum atomic E-state index is 4.40. The van der Waals surface area contributed by atoms with E-state index in [2.05, 4.69) is 55.9 Å². The highest BCUT2D eigenvalue weighted by molar-refractivity contribution is 9.10. The molecule has 1 heterocycles. The monoisotopic (exact) mass is 307 g/mol. The Hall–Kier alpha value is -1.13. The van der Waals surface area contributed by atoms with Gasteiger partial charge in [-0.3, -0.25) is 0 Å². The summed E-state index contributed by atoms with van der Waals surface area (Å²) in [6.45, 7) is 6.85. The Kier molecular flexibility index (Phi) is 4.55. The van der Waals surface area contributed by atoms with Gasteiger partial charge in [-0.15, -0.1) is 0 Å². The van der Waals surface area contributed by atoms with E-state index in [0.717, 1.165) is 29.9 Å². The number of hydrogen-bond acceptors (Lipinski definition) is 2. The number of hydrogen-bond donors (Lipinski definition) is 1. The summed E-state index contributed by atoms with van der Waals surface area (Å²) in [5.41, 5.74) is 2.50. The molecule has 96 valence electrons. The fraction of sp³-hybridized carbons (Fsp3) is 0.357. The highest BCUT2D eigenvalue weighted by Gasteiger charge is 2.08. The molecular weight excluding hydrogens is 290 g/mol. The summed E-state index contributed by atoms with van der Waals surface area (Å²) >= 11 is 3.59. The van der Waals surface area contributed by atoms with Crippen molar-refractivity contribution in [3.05, 3.63) is 52.0 Å². The number of nitrogens with one attached hydrogen (secondary N) is 1. The van der Waals surface area contributed by atoms with E-state index in [0.29, 0.717) is 0 Å². The van der Waals surface area contributed by atoms with Crippen molar-refractivity contribution < 1.29 is 0 Å². The molecule has 3 nitrogen and oxygen atoms in total. The van der Waals surface area contributed by atoms with E-state index in [9.17, 15) is 0 Å². The lowest BCUT2D eigenvalue weighted by Gasteiger charge is -2.12. The van der Waals surface area contributed by atoms with Gasteiger partial charge in [0, 0.05) is 17.2 Å². The van der Waals surface area contributed by atoms with Gasteiger partial charge < -0.3 is 9.88 Å². The summed E-state index contributed by atoms with van der Waals surface area (Å²) < 4.78 is 3.40. The molecule has 0 amide bonds. The molecule has 0 aliphatic carbocycles. The molecule has 1 N–H and O–H groups in total. The molecule has 0 saturated carbocycles. The van der Waals surface area contributed by atoms with E-state index in [1.165, 1.54) is 11.3 Å². The number of imidazole rings is 1. The van der Waals surface area contributed by atoms with Gasteiger partial charge in [-0.25, -0.2) is 4.98 Å². The van der Waals surface area contributed by atoms with Crippen LogP contribution in [0.2, 0.25) is 0 Å². The molecule has 4 heteroatoms. The molecule has 0 unspecified atom stereocenters. The first-order valence-electron chi connectivity index (χ1n) is 6.17. The Balaban J connectivity index is 2.23. The molecule has 0 fully saturated rings. The molecule has 0 spiro atoms. The third kappa shape index (κ3) is 3.00. The van der Waals surface area contributed by atoms with Crippen molar-refractivity contribution in [2.75, 3.05) is 6.54 Å². The Labute approximate surface area is 116 Å². The first kappa shape index (κ1) is 13.3. The molecular formula is C14H18BrN3. The van der Waals surface area contributed by atoms with Gasteiger partial charge in [0.1, 0.15) is 5.82 Å². The average Bonchev–Trinajstić information content (AvgIpc) is 2.71. The van der Waals surface area contributed by atoms with Crippen LogP contribution in [0.5, 0.6) is 0 Å². The van der Waals surface area contributed by atoms with Gasteiger partial charge in [0.2, 0.25) is 0 Å². The standard InChI is InChI=1S/C14H18BrN3/c1-3-16-8-13-9-17-11(2)18(13)10-12-6-4-5-7-14(12)15/h4-7,9,16H,3,8,10H2,1-2H3. The van der Waals surface area contributed by atoms with Gasteiger partial charge in [0.05, 0.1) is 12.2 Å². The van der Waals surface area contributed by atoms with E-state index in [-0.39, 0.29) is 0 Å². The topological polar surface area (TPSA) is 29.9 Å². The van der Waals surface area contributed by atoms with Crippen LogP contribution in [-0.4, -0.2) is 16.1 Å². The largest absolute Gasteiger partial charge is 0.327 e.